The molecular weight excluding hydrogens is 206 g/mol. The first-order chi connectivity index (χ1) is 7.69. The fourth-order valence-corrected chi connectivity index (χ4v) is 1.88. The van der Waals surface area contributed by atoms with Gasteiger partial charge in [0, 0.05) is 7.11 Å². The zero-order chi connectivity index (χ0) is 11.6. The average molecular weight is 225 g/mol. The van der Waals surface area contributed by atoms with Crippen molar-refractivity contribution in [1.82, 2.24) is 15.5 Å². The van der Waals surface area contributed by atoms with Crippen LogP contribution in [-0.2, 0) is 10.3 Å². The number of hydrogen-bond donors (Lipinski definition) is 1. The average Bonchev–Trinajstić information content (AvgIpc) is 2.97. The lowest BCUT2D eigenvalue weighted by molar-refractivity contribution is -0.0106. The molecule has 90 valence electrons. The third-order valence-electron chi connectivity index (χ3n) is 3.40. The quantitative estimate of drug-likeness (QED) is 0.846. The minimum absolute atomic E-state index is 0.221. The number of aromatic nitrogens is 2. The van der Waals surface area contributed by atoms with E-state index in [2.05, 4.69) is 15.5 Å². The molecule has 1 fully saturated rings. The summed E-state index contributed by atoms with van der Waals surface area (Å²) in [5.74, 6) is 1.32. The first kappa shape index (κ1) is 11.5. The van der Waals surface area contributed by atoms with E-state index in [4.69, 9.17) is 9.26 Å². The molecule has 1 N–H and O–H groups in total. The SMILES string of the molecule is CCC(C)(OC)c1noc([C@@H]2CCCN2)n1. The van der Waals surface area contributed by atoms with E-state index in [-0.39, 0.29) is 6.04 Å². The summed E-state index contributed by atoms with van der Waals surface area (Å²) in [7, 11) is 1.67. The van der Waals surface area contributed by atoms with E-state index in [0.29, 0.717) is 11.7 Å². The standard InChI is InChI=1S/C11H19N3O2/c1-4-11(2,15-3)10-13-9(16-14-10)8-6-5-7-12-8/h8,12H,4-7H2,1-3H3/t8-,11?/m0/s1. The summed E-state index contributed by atoms with van der Waals surface area (Å²) in [4.78, 5) is 4.44. The molecule has 5 heteroatoms. The molecular formula is C11H19N3O2. The van der Waals surface area contributed by atoms with Gasteiger partial charge in [-0.25, -0.2) is 0 Å². The van der Waals surface area contributed by atoms with E-state index in [0.717, 1.165) is 25.8 Å². The van der Waals surface area contributed by atoms with E-state index >= 15 is 0 Å². The van der Waals surface area contributed by atoms with Crippen LogP contribution in [0.3, 0.4) is 0 Å². The zero-order valence-corrected chi connectivity index (χ0v) is 10.1. The summed E-state index contributed by atoms with van der Waals surface area (Å²) in [6, 6.07) is 0.221. The molecule has 0 amide bonds. The summed E-state index contributed by atoms with van der Waals surface area (Å²) in [5.41, 5.74) is -0.444. The largest absolute Gasteiger partial charge is 0.370 e. The highest BCUT2D eigenvalue weighted by atomic mass is 16.5. The Morgan fingerprint density at radius 1 is 1.62 bits per heavy atom. The summed E-state index contributed by atoms with van der Waals surface area (Å²) in [6.07, 6.45) is 3.05. The van der Waals surface area contributed by atoms with Crippen LogP contribution in [0.4, 0.5) is 0 Å². The molecule has 1 aliphatic heterocycles. The Bertz CT molecular complexity index is 341. The van der Waals surface area contributed by atoms with E-state index in [1.807, 2.05) is 13.8 Å². The maximum Gasteiger partial charge on any atom is 0.243 e. The highest BCUT2D eigenvalue weighted by Crippen LogP contribution is 2.28. The van der Waals surface area contributed by atoms with Crippen LogP contribution in [0.25, 0.3) is 0 Å². The van der Waals surface area contributed by atoms with Crippen molar-refractivity contribution in [1.29, 1.82) is 0 Å². The van der Waals surface area contributed by atoms with Crippen LogP contribution in [0.2, 0.25) is 0 Å². The predicted octanol–water partition coefficient (Wildman–Crippen LogP) is 1.77. The number of nitrogens with zero attached hydrogens (tertiary/aromatic N) is 2. The van der Waals surface area contributed by atoms with Crippen LogP contribution in [0.5, 0.6) is 0 Å². The highest BCUT2D eigenvalue weighted by Gasteiger charge is 2.32. The predicted molar refractivity (Wildman–Crippen MR) is 58.9 cm³/mol. The van der Waals surface area contributed by atoms with Crippen LogP contribution in [-0.4, -0.2) is 23.8 Å². The normalized spacial score (nSPS) is 24.6. The molecule has 1 aliphatic rings. The maximum absolute atomic E-state index is 5.44. The number of rotatable bonds is 4. The van der Waals surface area contributed by atoms with Crippen molar-refractivity contribution in [3.63, 3.8) is 0 Å². The zero-order valence-electron chi connectivity index (χ0n) is 10.1. The topological polar surface area (TPSA) is 60.2 Å². The Balaban J connectivity index is 2.17. The van der Waals surface area contributed by atoms with Crippen molar-refractivity contribution in [3.8, 4) is 0 Å². The van der Waals surface area contributed by atoms with Crippen molar-refractivity contribution in [3.05, 3.63) is 11.7 Å². The molecule has 0 saturated carbocycles. The van der Waals surface area contributed by atoms with Gasteiger partial charge in [-0.05, 0) is 32.7 Å². The van der Waals surface area contributed by atoms with Crippen molar-refractivity contribution < 1.29 is 9.26 Å². The van der Waals surface area contributed by atoms with Crippen molar-refractivity contribution in [2.45, 2.75) is 44.8 Å². The molecule has 0 aliphatic carbocycles. The van der Waals surface area contributed by atoms with Crippen LogP contribution in [0.1, 0.15) is 50.9 Å². The smallest absolute Gasteiger partial charge is 0.243 e. The minimum Gasteiger partial charge on any atom is -0.370 e. The van der Waals surface area contributed by atoms with Crippen LogP contribution >= 0.6 is 0 Å². The summed E-state index contributed by atoms with van der Waals surface area (Å²) >= 11 is 0. The van der Waals surface area contributed by atoms with Crippen LogP contribution in [0.15, 0.2) is 4.52 Å². The molecule has 0 radical (unpaired) electrons. The van der Waals surface area contributed by atoms with Gasteiger partial charge >= 0.3 is 0 Å². The molecule has 1 unspecified atom stereocenters. The summed E-state index contributed by atoms with van der Waals surface area (Å²) < 4.78 is 10.7. The number of ether oxygens (including phenoxy) is 1. The molecule has 0 spiro atoms. The molecule has 16 heavy (non-hydrogen) atoms. The molecule has 1 saturated heterocycles. The first-order valence-corrected chi connectivity index (χ1v) is 5.82. The van der Waals surface area contributed by atoms with Gasteiger partial charge in [0.05, 0.1) is 6.04 Å². The van der Waals surface area contributed by atoms with Gasteiger partial charge in [0.2, 0.25) is 11.7 Å². The Hall–Kier alpha value is -0.940. The van der Waals surface area contributed by atoms with E-state index in [1.54, 1.807) is 7.11 Å². The second-order valence-corrected chi connectivity index (χ2v) is 4.39. The number of nitrogens with one attached hydrogen (secondary N) is 1. The van der Waals surface area contributed by atoms with Gasteiger partial charge < -0.3 is 14.6 Å². The summed E-state index contributed by atoms with van der Waals surface area (Å²) in [6.45, 7) is 5.05. The second kappa shape index (κ2) is 4.51. The van der Waals surface area contributed by atoms with Crippen molar-refractivity contribution >= 4 is 0 Å². The first-order valence-electron chi connectivity index (χ1n) is 5.82. The Labute approximate surface area is 95.6 Å². The summed E-state index contributed by atoms with van der Waals surface area (Å²) in [5, 5.41) is 7.36. The molecule has 5 nitrogen and oxygen atoms in total. The molecule has 2 rings (SSSR count). The highest BCUT2D eigenvalue weighted by molar-refractivity contribution is 5.02. The minimum atomic E-state index is -0.444. The lowest BCUT2D eigenvalue weighted by atomic mass is 10.0. The molecule has 2 heterocycles. The number of methoxy groups -OCH3 is 1. The van der Waals surface area contributed by atoms with E-state index in [1.165, 1.54) is 0 Å². The van der Waals surface area contributed by atoms with Gasteiger partial charge in [-0.1, -0.05) is 12.1 Å². The maximum atomic E-state index is 5.44. The van der Waals surface area contributed by atoms with Gasteiger partial charge in [-0.15, -0.1) is 0 Å². The molecule has 1 aromatic heterocycles. The lowest BCUT2D eigenvalue weighted by Gasteiger charge is -2.21. The van der Waals surface area contributed by atoms with Gasteiger partial charge in [0.15, 0.2) is 0 Å². The third kappa shape index (κ3) is 1.97. The third-order valence-corrected chi connectivity index (χ3v) is 3.40. The molecule has 0 bridgehead atoms. The number of hydrogen-bond acceptors (Lipinski definition) is 5. The van der Waals surface area contributed by atoms with Crippen molar-refractivity contribution in [2.24, 2.45) is 0 Å². The fraction of sp³-hybridized carbons (Fsp3) is 0.818. The van der Waals surface area contributed by atoms with Crippen LogP contribution < -0.4 is 5.32 Å². The molecule has 0 aromatic carbocycles. The monoisotopic (exact) mass is 225 g/mol. The fourth-order valence-electron chi connectivity index (χ4n) is 1.88. The lowest BCUT2D eigenvalue weighted by Crippen LogP contribution is -2.25. The van der Waals surface area contributed by atoms with Crippen LogP contribution in [0, 0.1) is 0 Å². The van der Waals surface area contributed by atoms with Gasteiger partial charge in [0.25, 0.3) is 0 Å². The second-order valence-electron chi connectivity index (χ2n) is 4.39. The van der Waals surface area contributed by atoms with E-state index in [9.17, 15) is 0 Å². The molecule has 1 aromatic rings. The Kier molecular flexibility index (Phi) is 3.25. The van der Waals surface area contributed by atoms with Gasteiger partial charge in [-0.2, -0.15) is 4.98 Å². The van der Waals surface area contributed by atoms with Crippen molar-refractivity contribution in [2.75, 3.05) is 13.7 Å². The van der Waals surface area contributed by atoms with Gasteiger partial charge in [0.1, 0.15) is 5.60 Å². The molecule has 2 atom stereocenters. The Morgan fingerprint density at radius 2 is 2.44 bits per heavy atom. The van der Waals surface area contributed by atoms with E-state index < -0.39 is 5.60 Å². The van der Waals surface area contributed by atoms with Gasteiger partial charge in [-0.3, -0.25) is 0 Å². The Morgan fingerprint density at radius 3 is 3.00 bits per heavy atom.